The van der Waals surface area contributed by atoms with Crippen LogP contribution in [0.5, 0.6) is 11.5 Å². The van der Waals surface area contributed by atoms with Gasteiger partial charge in [-0.3, -0.25) is 10.1 Å². The van der Waals surface area contributed by atoms with Crippen LogP contribution in [0.15, 0.2) is 18.2 Å². The minimum absolute atomic E-state index is 0.0114. The van der Waals surface area contributed by atoms with Crippen LogP contribution in [0.1, 0.15) is 19.8 Å². The van der Waals surface area contributed by atoms with Crippen molar-refractivity contribution < 1.29 is 14.4 Å². The summed E-state index contributed by atoms with van der Waals surface area (Å²) in [5.41, 5.74) is 6.03. The normalized spacial score (nSPS) is 16.5. The highest BCUT2D eigenvalue weighted by Gasteiger charge is 2.27. The van der Waals surface area contributed by atoms with E-state index in [0.717, 1.165) is 25.9 Å². The van der Waals surface area contributed by atoms with E-state index in [9.17, 15) is 10.1 Å². The Kier molecular flexibility index (Phi) is 5.67. The van der Waals surface area contributed by atoms with Gasteiger partial charge in [-0.05, 0) is 30.9 Å². The summed E-state index contributed by atoms with van der Waals surface area (Å²) in [4.78, 5) is 21.6. The van der Waals surface area contributed by atoms with Crippen LogP contribution in [0, 0.1) is 16.0 Å². The molecule has 1 aliphatic heterocycles. The zero-order chi connectivity index (χ0) is 20.3. The molecule has 10 heteroatoms. The van der Waals surface area contributed by atoms with E-state index in [1.807, 2.05) is 4.90 Å². The lowest BCUT2D eigenvalue weighted by atomic mass is 10.0. The largest absolute Gasteiger partial charge is 0.497 e. The molecule has 1 aromatic carbocycles. The molecule has 0 saturated carbocycles. The van der Waals surface area contributed by atoms with Crippen LogP contribution in [0.25, 0.3) is 0 Å². The third kappa shape index (κ3) is 4.00. The molecule has 3 rings (SSSR count). The van der Waals surface area contributed by atoms with Crippen LogP contribution >= 0.6 is 0 Å². The molecule has 0 spiro atoms. The van der Waals surface area contributed by atoms with Crippen molar-refractivity contribution >= 4 is 29.0 Å². The van der Waals surface area contributed by atoms with Crippen molar-refractivity contribution in [3.63, 3.8) is 0 Å². The first-order valence-electron chi connectivity index (χ1n) is 8.98. The van der Waals surface area contributed by atoms with Gasteiger partial charge in [-0.15, -0.1) is 0 Å². The number of aromatic nitrogens is 2. The van der Waals surface area contributed by atoms with Gasteiger partial charge in [-0.25, -0.2) is 0 Å². The molecule has 1 fully saturated rings. The van der Waals surface area contributed by atoms with Gasteiger partial charge in [-0.1, -0.05) is 6.92 Å². The number of piperidine rings is 1. The summed E-state index contributed by atoms with van der Waals surface area (Å²) in [6.45, 7) is 3.71. The van der Waals surface area contributed by atoms with Gasteiger partial charge in [0.1, 0.15) is 11.5 Å². The fraction of sp³-hybridized carbons (Fsp3) is 0.444. The third-order valence-electron chi connectivity index (χ3n) is 4.68. The van der Waals surface area contributed by atoms with E-state index in [4.69, 9.17) is 15.2 Å². The number of nitro groups is 1. The second kappa shape index (κ2) is 8.15. The number of ether oxygens (including phenoxy) is 2. The highest BCUT2D eigenvalue weighted by molar-refractivity contribution is 5.77. The van der Waals surface area contributed by atoms with Gasteiger partial charge in [-0.2, -0.15) is 9.97 Å². The minimum atomic E-state index is -0.590. The van der Waals surface area contributed by atoms with Crippen LogP contribution in [-0.4, -0.2) is 42.2 Å². The number of anilines is 4. The zero-order valence-corrected chi connectivity index (χ0v) is 16.1. The Balaban J connectivity index is 2.04. The minimum Gasteiger partial charge on any atom is -0.497 e. The quantitative estimate of drug-likeness (QED) is 0.566. The fourth-order valence-corrected chi connectivity index (χ4v) is 3.28. The standard InChI is InChI=1S/C18H24N6O4/c1-11-5-4-8-23(10-11)18-21-16(19)15(24(25)26)17(22-18)20-13-9-12(27-2)6-7-14(13)28-3/h6-7,9,11H,4-5,8,10H2,1-3H3,(H3,19,20,21,22)/t11-/m1/s1. The average Bonchev–Trinajstić information content (AvgIpc) is 2.67. The van der Waals surface area contributed by atoms with Crippen molar-refractivity contribution in [2.75, 3.05) is 43.3 Å². The number of hydrogen-bond donors (Lipinski definition) is 2. The molecule has 1 aliphatic rings. The van der Waals surface area contributed by atoms with E-state index < -0.39 is 4.92 Å². The van der Waals surface area contributed by atoms with Gasteiger partial charge in [0.05, 0.1) is 24.8 Å². The van der Waals surface area contributed by atoms with Crippen LogP contribution in [0.4, 0.5) is 29.0 Å². The van der Waals surface area contributed by atoms with Gasteiger partial charge in [0, 0.05) is 19.2 Å². The maximum Gasteiger partial charge on any atom is 0.353 e. The Hall–Kier alpha value is -3.30. The predicted octanol–water partition coefficient (Wildman–Crippen LogP) is 2.96. The number of nitrogens with one attached hydrogen (secondary N) is 1. The Labute approximate surface area is 162 Å². The summed E-state index contributed by atoms with van der Waals surface area (Å²) in [6, 6.07) is 5.10. The maximum absolute atomic E-state index is 11.6. The number of benzene rings is 1. The number of rotatable bonds is 6. The SMILES string of the molecule is COc1ccc(OC)c(Nc2nc(N3CCC[C@@H](C)C3)nc(N)c2[N+](=O)[O-])c1. The first-order chi connectivity index (χ1) is 13.4. The van der Waals surface area contributed by atoms with Crippen molar-refractivity contribution in [2.45, 2.75) is 19.8 Å². The molecule has 0 aliphatic carbocycles. The average molecular weight is 388 g/mol. The Morgan fingerprint density at radius 3 is 2.75 bits per heavy atom. The van der Waals surface area contributed by atoms with Gasteiger partial charge in [0.15, 0.2) is 0 Å². The summed E-state index contributed by atoms with van der Waals surface area (Å²) in [5, 5.41) is 14.6. The Morgan fingerprint density at radius 2 is 2.11 bits per heavy atom. The number of nitrogens with zero attached hydrogens (tertiary/aromatic N) is 4. The number of hydrogen-bond acceptors (Lipinski definition) is 9. The summed E-state index contributed by atoms with van der Waals surface area (Å²) in [6.07, 6.45) is 2.14. The molecule has 0 unspecified atom stereocenters. The van der Waals surface area contributed by atoms with Crippen LogP contribution in [0.3, 0.4) is 0 Å². The third-order valence-corrected chi connectivity index (χ3v) is 4.68. The molecule has 1 atom stereocenters. The van der Waals surface area contributed by atoms with Crippen LogP contribution in [0.2, 0.25) is 0 Å². The molecule has 1 saturated heterocycles. The van der Waals surface area contributed by atoms with Crippen molar-refractivity contribution in [3.05, 3.63) is 28.3 Å². The first kappa shape index (κ1) is 19.5. The van der Waals surface area contributed by atoms with E-state index in [1.54, 1.807) is 18.2 Å². The fourth-order valence-electron chi connectivity index (χ4n) is 3.28. The van der Waals surface area contributed by atoms with Crippen LogP contribution < -0.4 is 25.4 Å². The zero-order valence-electron chi connectivity index (χ0n) is 16.1. The van der Waals surface area contributed by atoms with Crippen molar-refractivity contribution in [2.24, 2.45) is 5.92 Å². The predicted molar refractivity (Wildman–Crippen MR) is 107 cm³/mol. The van der Waals surface area contributed by atoms with Gasteiger partial charge in [0.2, 0.25) is 17.6 Å². The van der Waals surface area contributed by atoms with Gasteiger partial charge >= 0.3 is 5.69 Å². The number of nitrogen functional groups attached to an aromatic ring is 1. The highest BCUT2D eigenvalue weighted by atomic mass is 16.6. The molecule has 0 bridgehead atoms. The monoisotopic (exact) mass is 388 g/mol. The molecular formula is C18H24N6O4. The molecule has 3 N–H and O–H groups in total. The topological polar surface area (TPSA) is 129 Å². The van der Waals surface area contributed by atoms with Gasteiger partial charge in [0.25, 0.3) is 0 Å². The summed E-state index contributed by atoms with van der Waals surface area (Å²) >= 11 is 0. The summed E-state index contributed by atoms with van der Waals surface area (Å²) < 4.78 is 10.6. The van der Waals surface area contributed by atoms with E-state index in [-0.39, 0.29) is 17.3 Å². The Bertz CT molecular complexity index is 875. The number of nitrogens with two attached hydrogens (primary N) is 1. The smallest absolute Gasteiger partial charge is 0.353 e. The van der Waals surface area contributed by atoms with Crippen LogP contribution in [-0.2, 0) is 0 Å². The highest BCUT2D eigenvalue weighted by Crippen LogP contribution is 2.37. The van der Waals surface area contributed by atoms with Gasteiger partial charge < -0.3 is 25.4 Å². The molecule has 1 aromatic heterocycles. The van der Waals surface area contributed by atoms with E-state index >= 15 is 0 Å². The lowest BCUT2D eigenvalue weighted by molar-refractivity contribution is -0.383. The molecular weight excluding hydrogens is 364 g/mol. The Morgan fingerprint density at radius 1 is 1.32 bits per heavy atom. The second-order valence-corrected chi connectivity index (χ2v) is 6.75. The summed E-state index contributed by atoms with van der Waals surface area (Å²) in [7, 11) is 3.04. The van der Waals surface area contributed by atoms with Crippen molar-refractivity contribution in [3.8, 4) is 11.5 Å². The van der Waals surface area contributed by atoms with E-state index in [0.29, 0.717) is 29.1 Å². The molecule has 150 valence electrons. The van der Waals surface area contributed by atoms with E-state index in [2.05, 4.69) is 22.2 Å². The lowest BCUT2D eigenvalue weighted by Crippen LogP contribution is -2.35. The van der Waals surface area contributed by atoms with E-state index in [1.165, 1.54) is 14.2 Å². The first-order valence-corrected chi connectivity index (χ1v) is 8.98. The molecule has 0 radical (unpaired) electrons. The molecule has 0 amide bonds. The molecule has 28 heavy (non-hydrogen) atoms. The molecule has 2 aromatic rings. The molecule has 10 nitrogen and oxygen atoms in total. The lowest BCUT2D eigenvalue weighted by Gasteiger charge is -2.31. The maximum atomic E-state index is 11.6. The molecule has 2 heterocycles. The van der Waals surface area contributed by atoms with Crippen molar-refractivity contribution in [1.82, 2.24) is 9.97 Å². The number of methoxy groups -OCH3 is 2. The second-order valence-electron chi connectivity index (χ2n) is 6.75. The summed E-state index contributed by atoms with van der Waals surface area (Å²) in [5.74, 6) is 1.75. The van der Waals surface area contributed by atoms with Crippen molar-refractivity contribution in [1.29, 1.82) is 0 Å².